The SMILES string of the molecule is CCc1cc(/C=C/c2nc3c(C)cccc3o2)c(OC)nc1C. The molecule has 0 bridgehead atoms. The van der Waals surface area contributed by atoms with Gasteiger partial charge in [-0.15, -0.1) is 0 Å². The van der Waals surface area contributed by atoms with Gasteiger partial charge in [-0.3, -0.25) is 0 Å². The van der Waals surface area contributed by atoms with E-state index in [1.165, 1.54) is 5.56 Å². The van der Waals surface area contributed by atoms with Crippen LogP contribution >= 0.6 is 0 Å². The Morgan fingerprint density at radius 3 is 2.70 bits per heavy atom. The van der Waals surface area contributed by atoms with Crippen LogP contribution in [-0.2, 0) is 6.42 Å². The predicted molar refractivity (Wildman–Crippen MR) is 92.6 cm³/mol. The zero-order valence-corrected chi connectivity index (χ0v) is 13.9. The van der Waals surface area contributed by atoms with E-state index in [4.69, 9.17) is 9.15 Å². The fourth-order valence-corrected chi connectivity index (χ4v) is 2.62. The zero-order chi connectivity index (χ0) is 16.4. The van der Waals surface area contributed by atoms with Gasteiger partial charge in [-0.2, -0.15) is 0 Å². The summed E-state index contributed by atoms with van der Waals surface area (Å²) < 4.78 is 11.1. The summed E-state index contributed by atoms with van der Waals surface area (Å²) >= 11 is 0. The Hall–Kier alpha value is -2.62. The molecule has 0 atom stereocenters. The molecule has 0 radical (unpaired) electrons. The number of oxazole rings is 1. The van der Waals surface area contributed by atoms with Crippen molar-refractivity contribution in [2.24, 2.45) is 0 Å². The topological polar surface area (TPSA) is 48.2 Å². The van der Waals surface area contributed by atoms with E-state index in [-0.39, 0.29) is 0 Å². The van der Waals surface area contributed by atoms with Gasteiger partial charge in [-0.1, -0.05) is 19.1 Å². The summed E-state index contributed by atoms with van der Waals surface area (Å²) in [5.74, 6) is 1.19. The van der Waals surface area contributed by atoms with E-state index >= 15 is 0 Å². The number of fused-ring (bicyclic) bond motifs is 1. The van der Waals surface area contributed by atoms with Crippen LogP contribution in [0.4, 0.5) is 0 Å². The first-order valence-corrected chi connectivity index (χ1v) is 7.71. The average molecular weight is 308 g/mol. The first-order valence-electron chi connectivity index (χ1n) is 7.71. The number of hydrogen-bond acceptors (Lipinski definition) is 4. The Kier molecular flexibility index (Phi) is 4.15. The van der Waals surface area contributed by atoms with E-state index < -0.39 is 0 Å². The molecular formula is C19H20N2O2. The van der Waals surface area contributed by atoms with Crippen molar-refractivity contribution >= 4 is 23.3 Å². The van der Waals surface area contributed by atoms with Crippen molar-refractivity contribution in [1.82, 2.24) is 9.97 Å². The molecule has 0 aliphatic carbocycles. The van der Waals surface area contributed by atoms with Crippen LogP contribution in [-0.4, -0.2) is 17.1 Å². The number of para-hydroxylation sites is 1. The number of pyridine rings is 1. The molecule has 4 nitrogen and oxygen atoms in total. The summed E-state index contributed by atoms with van der Waals surface area (Å²) in [6.07, 6.45) is 4.73. The second-order valence-corrected chi connectivity index (χ2v) is 5.49. The van der Waals surface area contributed by atoms with Crippen LogP contribution in [0.1, 0.15) is 35.2 Å². The predicted octanol–water partition coefficient (Wildman–Crippen LogP) is 4.58. The van der Waals surface area contributed by atoms with Crippen molar-refractivity contribution in [3.05, 3.63) is 52.5 Å². The molecule has 2 aromatic heterocycles. The van der Waals surface area contributed by atoms with Gasteiger partial charge in [0.05, 0.1) is 7.11 Å². The largest absolute Gasteiger partial charge is 0.481 e. The third kappa shape index (κ3) is 2.97. The molecule has 118 valence electrons. The maximum atomic E-state index is 5.77. The molecule has 1 aromatic carbocycles. The lowest BCUT2D eigenvalue weighted by Crippen LogP contribution is -1.97. The van der Waals surface area contributed by atoms with Crippen molar-refractivity contribution < 1.29 is 9.15 Å². The minimum atomic E-state index is 0.579. The summed E-state index contributed by atoms with van der Waals surface area (Å²) in [6, 6.07) is 8.02. The maximum Gasteiger partial charge on any atom is 0.220 e. The molecule has 0 fully saturated rings. The van der Waals surface area contributed by atoms with Gasteiger partial charge in [0.15, 0.2) is 5.58 Å². The molecule has 3 aromatic rings. The highest BCUT2D eigenvalue weighted by Gasteiger charge is 2.08. The van der Waals surface area contributed by atoms with Crippen molar-refractivity contribution in [1.29, 1.82) is 0 Å². The Balaban J connectivity index is 1.99. The summed E-state index contributed by atoms with van der Waals surface area (Å²) in [7, 11) is 1.63. The quantitative estimate of drug-likeness (QED) is 0.707. The maximum absolute atomic E-state index is 5.77. The number of aryl methyl sites for hydroxylation is 3. The highest BCUT2D eigenvalue weighted by Crippen LogP contribution is 2.24. The standard InChI is InChI=1S/C19H20N2O2/c1-5-14-11-15(19(22-4)20-13(14)3)9-10-17-21-18-12(2)7-6-8-16(18)23-17/h6-11H,5H2,1-4H3/b10-9+. The molecule has 0 amide bonds. The number of nitrogens with zero attached hydrogens (tertiary/aromatic N) is 2. The lowest BCUT2D eigenvalue weighted by Gasteiger charge is -2.08. The second-order valence-electron chi connectivity index (χ2n) is 5.49. The van der Waals surface area contributed by atoms with Crippen molar-refractivity contribution in [2.45, 2.75) is 27.2 Å². The lowest BCUT2D eigenvalue weighted by molar-refractivity contribution is 0.395. The number of hydrogen-bond donors (Lipinski definition) is 0. The highest BCUT2D eigenvalue weighted by molar-refractivity contribution is 5.79. The van der Waals surface area contributed by atoms with Crippen molar-refractivity contribution in [2.75, 3.05) is 7.11 Å². The van der Waals surface area contributed by atoms with Crippen molar-refractivity contribution in [3.63, 3.8) is 0 Å². The first kappa shape index (κ1) is 15.3. The normalized spacial score (nSPS) is 11.5. The summed E-state index contributed by atoms with van der Waals surface area (Å²) in [6.45, 7) is 6.14. The van der Waals surface area contributed by atoms with Gasteiger partial charge in [-0.05, 0) is 49.6 Å². The van der Waals surface area contributed by atoms with Crippen LogP contribution in [0, 0.1) is 13.8 Å². The van der Waals surface area contributed by atoms with Crippen LogP contribution in [0.15, 0.2) is 28.7 Å². The fourth-order valence-electron chi connectivity index (χ4n) is 2.62. The second kappa shape index (κ2) is 6.24. The zero-order valence-electron chi connectivity index (χ0n) is 13.9. The number of rotatable bonds is 4. The van der Waals surface area contributed by atoms with Gasteiger partial charge in [0, 0.05) is 17.3 Å². The van der Waals surface area contributed by atoms with Gasteiger partial charge in [0.1, 0.15) is 5.52 Å². The molecule has 0 saturated carbocycles. The molecule has 0 unspecified atom stereocenters. The molecule has 0 aliphatic rings. The summed E-state index contributed by atoms with van der Waals surface area (Å²) in [5.41, 5.74) is 5.93. The monoisotopic (exact) mass is 308 g/mol. The van der Waals surface area contributed by atoms with Crippen LogP contribution in [0.3, 0.4) is 0 Å². The van der Waals surface area contributed by atoms with E-state index in [9.17, 15) is 0 Å². The Morgan fingerprint density at radius 1 is 1.17 bits per heavy atom. The molecular weight excluding hydrogens is 288 g/mol. The molecule has 0 N–H and O–H groups in total. The van der Waals surface area contributed by atoms with E-state index in [2.05, 4.69) is 23.0 Å². The minimum absolute atomic E-state index is 0.579. The molecule has 4 heteroatoms. The Morgan fingerprint density at radius 2 is 2.00 bits per heavy atom. The molecule has 0 saturated heterocycles. The molecule has 2 heterocycles. The number of ether oxygens (including phenoxy) is 1. The number of aromatic nitrogens is 2. The Bertz CT molecular complexity index is 878. The lowest BCUT2D eigenvalue weighted by atomic mass is 10.1. The van der Waals surface area contributed by atoms with Crippen LogP contribution in [0.5, 0.6) is 5.88 Å². The number of benzene rings is 1. The van der Waals surface area contributed by atoms with Crippen LogP contribution < -0.4 is 4.74 Å². The Labute approximate surface area is 135 Å². The van der Waals surface area contributed by atoms with E-state index in [1.54, 1.807) is 7.11 Å². The smallest absolute Gasteiger partial charge is 0.220 e. The number of methoxy groups -OCH3 is 1. The fraction of sp³-hybridized carbons (Fsp3) is 0.263. The van der Waals surface area contributed by atoms with E-state index in [0.29, 0.717) is 11.8 Å². The van der Waals surface area contributed by atoms with Crippen LogP contribution in [0.2, 0.25) is 0 Å². The molecule has 0 spiro atoms. The van der Waals surface area contributed by atoms with Gasteiger partial charge in [0.25, 0.3) is 0 Å². The third-order valence-electron chi connectivity index (χ3n) is 3.93. The summed E-state index contributed by atoms with van der Waals surface area (Å²) in [4.78, 5) is 9.04. The van der Waals surface area contributed by atoms with Gasteiger partial charge in [0.2, 0.25) is 11.8 Å². The summed E-state index contributed by atoms with van der Waals surface area (Å²) in [5, 5.41) is 0. The van der Waals surface area contributed by atoms with Gasteiger partial charge < -0.3 is 9.15 Å². The molecule has 23 heavy (non-hydrogen) atoms. The molecule has 3 rings (SSSR count). The van der Waals surface area contributed by atoms with Crippen LogP contribution in [0.25, 0.3) is 23.3 Å². The minimum Gasteiger partial charge on any atom is -0.481 e. The highest BCUT2D eigenvalue weighted by atomic mass is 16.5. The van der Waals surface area contributed by atoms with Crippen molar-refractivity contribution in [3.8, 4) is 5.88 Å². The van der Waals surface area contributed by atoms with Gasteiger partial charge >= 0.3 is 0 Å². The first-order chi connectivity index (χ1) is 11.1. The average Bonchev–Trinajstić information content (AvgIpc) is 2.98. The molecule has 0 aliphatic heterocycles. The van der Waals surface area contributed by atoms with E-state index in [0.717, 1.165) is 34.3 Å². The third-order valence-corrected chi connectivity index (χ3v) is 3.93. The van der Waals surface area contributed by atoms with Gasteiger partial charge in [-0.25, -0.2) is 9.97 Å². The van der Waals surface area contributed by atoms with E-state index in [1.807, 2.05) is 44.2 Å².